The van der Waals surface area contributed by atoms with Crippen molar-refractivity contribution in [1.82, 2.24) is 0 Å². The van der Waals surface area contributed by atoms with Crippen LogP contribution < -0.4 is 0 Å². The normalized spacial score (nSPS) is 11.9. The van der Waals surface area contributed by atoms with Gasteiger partial charge in [0.2, 0.25) is 0 Å². The summed E-state index contributed by atoms with van der Waals surface area (Å²) in [6.45, 7) is 2.01. The Kier molecular flexibility index (Phi) is 2.72. The number of sulfone groups is 1. The van der Waals surface area contributed by atoms with Crippen molar-refractivity contribution in [2.75, 3.05) is 6.26 Å². The van der Waals surface area contributed by atoms with E-state index in [4.69, 9.17) is 0 Å². The van der Waals surface area contributed by atoms with Gasteiger partial charge in [0.15, 0.2) is 9.84 Å². The van der Waals surface area contributed by atoms with E-state index in [1.54, 1.807) is 0 Å². The molecule has 0 saturated carbocycles. The molecule has 0 heterocycles. The summed E-state index contributed by atoms with van der Waals surface area (Å²) in [4.78, 5) is 0. The molecule has 0 fully saturated rings. The Bertz CT molecular complexity index is 627. The number of rotatable bonds is 2. The minimum Gasteiger partial charge on any atom is -0.229 e. The maximum atomic E-state index is 11.2. The molecule has 0 amide bonds. The standard InChI is InChI=1S/C13H14O2S/c1-10-7-11(9-16(2,14)15)8-12-5-3-4-6-13(10)12/h3-8H,9H2,1-2H3. The van der Waals surface area contributed by atoms with E-state index in [1.807, 2.05) is 37.3 Å². The van der Waals surface area contributed by atoms with Crippen LogP contribution in [0.1, 0.15) is 11.1 Å². The minimum absolute atomic E-state index is 0.110. The zero-order chi connectivity index (χ0) is 11.8. The Morgan fingerprint density at radius 1 is 1.12 bits per heavy atom. The molecular formula is C13H14O2S. The van der Waals surface area contributed by atoms with Gasteiger partial charge in [0.05, 0.1) is 5.75 Å². The molecule has 2 rings (SSSR count). The summed E-state index contributed by atoms with van der Waals surface area (Å²) < 4.78 is 22.5. The largest absolute Gasteiger partial charge is 0.229 e. The summed E-state index contributed by atoms with van der Waals surface area (Å²) in [5.74, 6) is 0.110. The molecule has 0 radical (unpaired) electrons. The van der Waals surface area contributed by atoms with Gasteiger partial charge in [-0.15, -0.1) is 0 Å². The molecule has 3 heteroatoms. The summed E-state index contributed by atoms with van der Waals surface area (Å²) in [5.41, 5.74) is 1.98. The van der Waals surface area contributed by atoms with Gasteiger partial charge < -0.3 is 0 Å². The van der Waals surface area contributed by atoms with Gasteiger partial charge in [0, 0.05) is 6.26 Å². The Hall–Kier alpha value is -1.35. The molecule has 0 saturated heterocycles. The highest BCUT2D eigenvalue weighted by molar-refractivity contribution is 7.89. The molecule has 0 spiro atoms. The van der Waals surface area contributed by atoms with Crippen LogP contribution in [-0.2, 0) is 15.6 Å². The highest BCUT2D eigenvalue weighted by Gasteiger charge is 2.06. The van der Waals surface area contributed by atoms with Crippen LogP contribution in [0.4, 0.5) is 0 Å². The molecule has 2 aromatic rings. The lowest BCUT2D eigenvalue weighted by Crippen LogP contribution is -2.01. The molecule has 0 aliphatic rings. The molecule has 84 valence electrons. The van der Waals surface area contributed by atoms with Gasteiger partial charge >= 0.3 is 0 Å². The number of hydrogen-bond donors (Lipinski definition) is 0. The van der Waals surface area contributed by atoms with Crippen LogP contribution in [0.3, 0.4) is 0 Å². The number of aryl methyl sites for hydroxylation is 1. The van der Waals surface area contributed by atoms with E-state index in [0.29, 0.717) is 0 Å². The van der Waals surface area contributed by atoms with Gasteiger partial charge in [-0.05, 0) is 28.8 Å². The Balaban J connectivity index is 2.58. The predicted molar refractivity (Wildman–Crippen MR) is 67.2 cm³/mol. The van der Waals surface area contributed by atoms with Gasteiger partial charge in [-0.3, -0.25) is 0 Å². The Morgan fingerprint density at radius 3 is 2.50 bits per heavy atom. The van der Waals surface area contributed by atoms with Gasteiger partial charge in [0.1, 0.15) is 0 Å². The summed E-state index contributed by atoms with van der Waals surface area (Å²) in [6, 6.07) is 11.9. The molecule has 2 aromatic carbocycles. The number of fused-ring (bicyclic) bond motifs is 1. The van der Waals surface area contributed by atoms with E-state index in [9.17, 15) is 8.42 Å². The number of benzene rings is 2. The minimum atomic E-state index is -2.96. The van der Waals surface area contributed by atoms with Gasteiger partial charge in [-0.25, -0.2) is 8.42 Å². The fourth-order valence-electron chi connectivity index (χ4n) is 1.97. The van der Waals surface area contributed by atoms with Crippen molar-refractivity contribution < 1.29 is 8.42 Å². The summed E-state index contributed by atoms with van der Waals surface area (Å²) in [5, 5.41) is 2.28. The van der Waals surface area contributed by atoms with E-state index in [2.05, 4.69) is 6.07 Å². The maximum Gasteiger partial charge on any atom is 0.151 e. The molecular weight excluding hydrogens is 220 g/mol. The van der Waals surface area contributed by atoms with Crippen LogP contribution in [0, 0.1) is 6.92 Å². The third-order valence-corrected chi connectivity index (χ3v) is 3.41. The highest BCUT2D eigenvalue weighted by atomic mass is 32.2. The van der Waals surface area contributed by atoms with Gasteiger partial charge in [-0.2, -0.15) is 0 Å². The molecule has 2 nitrogen and oxygen atoms in total. The molecule has 0 unspecified atom stereocenters. The zero-order valence-corrected chi connectivity index (χ0v) is 10.2. The van der Waals surface area contributed by atoms with Crippen molar-refractivity contribution in [1.29, 1.82) is 0 Å². The molecule has 0 aliphatic heterocycles. The first-order chi connectivity index (χ1) is 7.46. The van der Waals surface area contributed by atoms with Crippen molar-refractivity contribution in [3.63, 3.8) is 0 Å². The number of hydrogen-bond acceptors (Lipinski definition) is 2. The smallest absolute Gasteiger partial charge is 0.151 e. The predicted octanol–water partition coefficient (Wildman–Crippen LogP) is 2.69. The van der Waals surface area contributed by atoms with Crippen molar-refractivity contribution in [2.24, 2.45) is 0 Å². The quantitative estimate of drug-likeness (QED) is 0.800. The van der Waals surface area contributed by atoms with E-state index < -0.39 is 9.84 Å². The molecule has 0 atom stereocenters. The average Bonchev–Trinajstić information content (AvgIpc) is 2.15. The summed E-state index contributed by atoms with van der Waals surface area (Å²) in [7, 11) is -2.96. The Labute approximate surface area is 95.8 Å². The van der Waals surface area contributed by atoms with Crippen molar-refractivity contribution in [3.8, 4) is 0 Å². The van der Waals surface area contributed by atoms with Crippen molar-refractivity contribution in [3.05, 3.63) is 47.5 Å². The van der Waals surface area contributed by atoms with E-state index in [-0.39, 0.29) is 5.75 Å². The van der Waals surface area contributed by atoms with Crippen LogP contribution in [-0.4, -0.2) is 14.7 Å². The average molecular weight is 234 g/mol. The first-order valence-electron chi connectivity index (χ1n) is 5.12. The first-order valence-corrected chi connectivity index (χ1v) is 7.18. The van der Waals surface area contributed by atoms with Crippen LogP contribution in [0.2, 0.25) is 0 Å². The second-order valence-electron chi connectivity index (χ2n) is 4.20. The van der Waals surface area contributed by atoms with Crippen LogP contribution >= 0.6 is 0 Å². The molecule has 0 aliphatic carbocycles. The zero-order valence-electron chi connectivity index (χ0n) is 9.40. The van der Waals surface area contributed by atoms with Gasteiger partial charge in [-0.1, -0.05) is 36.4 Å². The second kappa shape index (κ2) is 3.91. The third-order valence-electron chi connectivity index (χ3n) is 2.56. The third kappa shape index (κ3) is 2.42. The lowest BCUT2D eigenvalue weighted by molar-refractivity contribution is 0.601. The second-order valence-corrected chi connectivity index (χ2v) is 6.34. The van der Waals surface area contributed by atoms with Crippen molar-refractivity contribution >= 4 is 20.6 Å². The van der Waals surface area contributed by atoms with Gasteiger partial charge in [0.25, 0.3) is 0 Å². The Morgan fingerprint density at radius 2 is 1.81 bits per heavy atom. The fraction of sp³-hybridized carbons (Fsp3) is 0.231. The topological polar surface area (TPSA) is 34.1 Å². The highest BCUT2D eigenvalue weighted by Crippen LogP contribution is 2.21. The molecule has 0 bridgehead atoms. The first kappa shape index (κ1) is 11.1. The van der Waals surface area contributed by atoms with E-state index in [1.165, 1.54) is 11.6 Å². The van der Waals surface area contributed by atoms with Crippen LogP contribution in [0.5, 0.6) is 0 Å². The van der Waals surface area contributed by atoms with E-state index in [0.717, 1.165) is 16.5 Å². The fourth-order valence-corrected chi connectivity index (χ4v) is 2.74. The monoisotopic (exact) mass is 234 g/mol. The lowest BCUT2D eigenvalue weighted by Gasteiger charge is -2.06. The molecule has 0 aromatic heterocycles. The van der Waals surface area contributed by atoms with Crippen LogP contribution in [0.15, 0.2) is 36.4 Å². The molecule has 0 N–H and O–H groups in total. The van der Waals surface area contributed by atoms with Crippen molar-refractivity contribution in [2.45, 2.75) is 12.7 Å². The van der Waals surface area contributed by atoms with E-state index >= 15 is 0 Å². The lowest BCUT2D eigenvalue weighted by atomic mass is 10.0. The molecule has 16 heavy (non-hydrogen) atoms. The SMILES string of the molecule is Cc1cc(CS(C)(=O)=O)cc2ccccc12. The van der Waals surface area contributed by atoms with Crippen LogP contribution in [0.25, 0.3) is 10.8 Å². The summed E-state index contributed by atoms with van der Waals surface area (Å²) in [6.07, 6.45) is 1.26. The summed E-state index contributed by atoms with van der Waals surface area (Å²) >= 11 is 0. The maximum absolute atomic E-state index is 11.2.